The number of fused-ring (bicyclic) bond motifs is 2. The number of phosphoric acid groups is 1. The fraction of sp³-hybridized carbons (Fsp3) is 0.667. The van der Waals surface area contributed by atoms with Gasteiger partial charge in [0.05, 0.1) is 37.5 Å². The van der Waals surface area contributed by atoms with E-state index in [2.05, 4.69) is 65.0 Å². The molecule has 0 radical (unpaired) electrons. The molecule has 0 aliphatic rings. The number of unbranched alkanes of at least 4 members (excludes halogenated alkanes) is 13. The number of pyridine rings is 2. The van der Waals surface area contributed by atoms with Crippen LogP contribution < -0.4 is 10.6 Å². The summed E-state index contributed by atoms with van der Waals surface area (Å²) < 4.78 is 38.0. The Hall–Kier alpha value is -2.57. The summed E-state index contributed by atoms with van der Waals surface area (Å²) in [5.41, 5.74) is 3.87. The minimum atomic E-state index is -3.83. The van der Waals surface area contributed by atoms with E-state index < -0.39 is 7.82 Å². The first-order valence-corrected chi connectivity index (χ1v) is 28.5. The van der Waals surface area contributed by atoms with Crippen molar-refractivity contribution >= 4 is 64.2 Å². The molecular formula is C54H87Cl2N6O5P. The van der Waals surface area contributed by atoms with Crippen LogP contribution in [-0.4, -0.2) is 104 Å². The third kappa shape index (κ3) is 23.6. The Morgan fingerprint density at radius 1 is 0.529 bits per heavy atom. The van der Waals surface area contributed by atoms with Gasteiger partial charge in [-0.1, -0.05) is 127 Å². The maximum atomic E-state index is 14.1. The highest BCUT2D eigenvalue weighted by atomic mass is 35.5. The highest BCUT2D eigenvalue weighted by Gasteiger charge is 2.27. The fourth-order valence-corrected chi connectivity index (χ4v) is 10.1. The number of likely N-dealkylation sites (N-methyl/N-ethyl adjacent to an activating group) is 2. The molecule has 2 atom stereocenters. The predicted molar refractivity (Wildman–Crippen MR) is 289 cm³/mol. The second-order valence-electron chi connectivity index (χ2n) is 18.4. The molecule has 4 aromatic rings. The Morgan fingerprint density at radius 3 is 1.40 bits per heavy atom. The quantitative estimate of drug-likeness (QED) is 0.0328. The molecule has 11 nitrogen and oxygen atoms in total. The molecule has 2 N–H and O–H groups in total. The van der Waals surface area contributed by atoms with Crippen LogP contribution in [0.1, 0.15) is 150 Å². The Kier molecular flexibility index (Phi) is 29.6. The third-order valence-electron chi connectivity index (χ3n) is 12.8. The number of phosphoric ester groups is 1. The number of anilines is 2. The highest BCUT2D eigenvalue weighted by Crippen LogP contribution is 2.49. The average Bonchev–Trinajstić information content (AvgIpc) is 3.32. The zero-order valence-electron chi connectivity index (χ0n) is 42.5. The van der Waals surface area contributed by atoms with Gasteiger partial charge in [-0.05, 0) is 121 Å². The van der Waals surface area contributed by atoms with Crippen molar-refractivity contribution in [2.45, 2.75) is 162 Å². The van der Waals surface area contributed by atoms with E-state index in [-0.39, 0.29) is 31.9 Å². The molecule has 0 amide bonds. The van der Waals surface area contributed by atoms with Gasteiger partial charge in [-0.2, -0.15) is 0 Å². The van der Waals surface area contributed by atoms with Gasteiger partial charge in [0, 0.05) is 76.4 Å². The summed E-state index contributed by atoms with van der Waals surface area (Å²) in [5.74, 6) is 0. The van der Waals surface area contributed by atoms with Crippen LogP contribution in [0.4, 0.5) is 11.4 Å². The Bertz CT molecular complexity index is 1880. The van der Waals surface area contributed by atoms with Crippen molar-refractivity contribution in [3.8, 4) is 0 Å². The normalized spacial score (nSPS) is 13.0. The number of benzene rings is 2. The molecule has 0 unspecified atom stereocenters. The van der Waals surface area contributed by atoms with Crippen molar-refractivity contribution in [3.63, 3.8) is 0 Å². The summed E-state index contributed by atoms with van der Waals surface area (Å²) in [7, 11) is -3.83. The molecule has 0 saturated heterocycles. The van der Waals surface area contributed by atoms with Crippen molar-refractivity contribution in [2.75, 3.05) is 82.9 Å². The molecule has 2 aromatic carbocycles. The van der Waals surface area contributed by atoms with Gasteiger partial charge >= 0.3 is 7.82 Å². The van der Waals surface area contributed by atoms with Crippen molar-refractivity contribution in [3.05, 3.63) is 71.0 Å². The molecule has 68 heavy (non-hydrogen) atoms. The van der Waals surface area contributed by atoms with Crippen LogP contribution in [-0.2, 0) is 22.9 Å². The van der Waals surface area contributed by atoms with Crippen molar-refractivity contribution in [2.24, 2.45) is 0 Å². The van der Waals surface area contributed by atoms with Crippen LogP contribution in [0, 0.1) is 0 Å². The number of hydrogen-bond donors (Lipinski definition) is 2. The molecule has 4 rings (SSSR count). The van der Waals surface area contributed by atoms with Crippen molar-refractivity contribution in [1.29, 1.82) is 0 Å². The molecule has 0 spiro atoms. The minimum absolute atomic E-state index is 0.153. The van der Waals surface area contributed by atoms with Crippen LogP contribution in [0.25, 0.3) is 21.8 Å². The predicted octanol–water partition coefficient (Wildman–Crippen LogP) is 15.3. The third-order valence-corrected chi connectivity index (χ3v) is 14.7. The van der Waals surface area contributed by atoms with E-state index in [1.165, 1.54) is 83.5 Å². The van der Waals surface area contributed by atoms with Crippen LogP contribution in [0.2, 0.25) is 10.0 Å². The molecule has 2 aromatic heterocycles. The SMILES string of the molecule is CCCCCCCCCCCCCCCCOCCOP(=O)(OCCN(CC)CCC[C@@H](C)Nc1ccnc2cc(Cl)ccc12)OCCN(CC)CCC[C@@H](C)Nc1ccnc2cc(Cl)ccc12. The molecule has 0 fully saturated rings. The van der Waals surface area contributed by atoms with Gasteiger partial charge in [0.15, 0.2) is 0 Å². The standard InChI is InChI=1S/C54H87Cl2N6O5P/c1-6-9-10-11-12-13-14-15-16-17-18-19-20-21-38-64-41-42-67-68(63,65-39-36-61(7-2)34-22-24-45(4)59-51-30-32-57-53-43-47(55)26-28-49(51)53)66-40-37-62(8-3)35-23-25-46(5)60-52-31-33-58-54-44-48(56)27-29-50(52)54/h26-33,43-46H,6-25,34-42H2,1-5H3,(H,57,59)(H,58,60)/t45-,46-/m1/s1. The van der Waals surface area contributed by atoms with E-state index in [1.54, 1.807) is 0 Å². The van der Waals surface area contributed by atoms with Crippen molar-refractivity contribution in [1.82, 2.24) is 19.8 Å². The summed E-state index contributed by atoms with van der Waals surface area (Å²) in [6.45, 7) is 17.4. The summed E-state index contributed by atoms with van der Waals surface area (Å²) in [6.07, 6.45) is 26.1. The lowest BCUT2D eigenvalue weighted by Crippen LogP contribution is -2.30. The van der Waals surface area contributed by atoms with E-state index in [4.69, 9.17) is 41.5 Å². The molecule has 0 saturated carbocycles. The lowest BCUT2D eigenvalue weighted by atomic mass is 10.0. The van der Waals surface area contributed by atoms with Gasteiger partial charge in [-0.3, -0.25) is 23.5 Å². The molecule has 0 aliphatic carbocycles. The van der Waals surface area contributed by atoms with Gasteiger partial charge < -0.3 is 25.2 Å². The molecule has 2 heterocycles. The van der Waals surface area contributed by atoms with E-state index in [0.29, 0.717) is 36.3 Å². The van der Waals surface area contributed by atoms with Crippen LogP contribution >= 0.6 is 31.0 Å². The summed E-state index contributed by atoms with van der Waals surface area (Å²) in [5, 5.41) is 10.8. The second-order valence-corrected chi connectivity index (χ2v) is 21.0. The Labute approximate surface area is 421 Å². The zero-order valence-corrected chi connectivity index (χ0v) is 44.9. The van der Waals surface area contributed by atoms with Crippen LogP contribution in [0.15, 0.2) is 60.9 Å². The smallest absolute Gasteiger partial charge is 0.382 e. The number of aromatic nitrogens is 2. The molecule has 382 valence electrons. The largest absolute Gasteiger partial charge is 0.474 e. The van der Waals surface area contributed by atoms with Gasteiger partial charge in [-0.15, -0.1) is 0 Å². The summed E-state index contributed by atoms with van der Waals surface area (Å²) in [6, 6.07) is 16.2. The number of hydrogen-bond acceptors (Lipinski definition) is 11. The minimum Gasteiger partial charge on any atom is -0.382 e. The highest BCUT2D eigenvalue weighted by molar-refractivity contribution is 7.48. The number of halogens is 2. The topological polar surface area (TPSA) is 110 Å². The monoisotopic (exact) mass is 1000 g/mol. The molecule has 0 aliphatic heterocycles. The first-order valence-electron chi connectivity index (χ1n) is 26.3. The van der Waals surface area contributed by atoms with Crippen LogP contribution in [0.5, 0.6) is 0 Å². The van der Waals surface area contributed by atoms with Gasteiger partial charge in [-0.25, -0.2) is 4.57 Å². The van der Waals surface area contributed by atoms with E-state index in [0.717, 1.165) is 91.5 Å². The lowest BCUT2D eigenvalue weighted by molar-refractivity contribution is 0.0569. The first kappa shape index (κ1) is 58.0. The van der Waals surface area contributed by atoms with E-state index in [1.807, 2.05) is 60.9 Å². The maximum Gasteiger partial charge on any atom is 0.474 e. The van der Waals surface area contributed by atoms with Gasteiger partial charge in [0.1, 0.15) is 0 Å². The molecular weight excluding hydrogens is 915 g/mol. The number of ether oxygens (including phenoxy) is 1. The summed E-state index contributed by atoms with van der Waals surface area (Å²) >= 11 is 12.4. The van der Waals surface area contributed by atoms with Gasteiger partial charge in [0.2, 0.25) is 0 Å². The Morgan fingerprint density at radius 2 is 0.956 bits per heavy atom. The summed E-state index contributed by atoms with van der Waals surface area (Å²) in [4.78, 5) is 13.6. The average molecular weight is 1000 g/mol. The number of nitrogens with one attached hydrogen (secondary N) is 2. The zero-order chi connectivity index (χ0) is 48.7. The lowest BCUT2D eigenvalue weighted by Gasteiger charge is -2.25. The van der Waals surface area contributed by atoms with Crippen molar-refractivity contribution < 1.29 is 22.9 Å². The Balaban J connectivity index is 1.16. The molecule has 0 bridgehead atoms. The first-order chi connectivity index (χ1) is 33.1. The molecule has 14 heteroatoms. The van der Waals surface area contributed by atoms with E-state index in [9.17, 15) is 4.57 Å². The van der Waals surface area contributed by atoms with E-state index >= 15 is 0 Å². The van der Waals surface area contributed by atoms with Gasteiger partial charge in [0.25, 0.3) is 0 Å². The number of nitrogens with zero attached hydrogens (tertiary/aromatic N) is 4. The number of rotatable bonds is 41. The van der Waals surface area contributed by atoms with Crippen LogP contribution in [0.3, 0.4) is 0 Å². The second kappa shape index (κ2) is 34.7. The maximum absolute atomic E-state index is 14.1. The fourth-order valence-electron chi connectivity index (χ4n) is 8.65.